The minimum absolute atomic E-state index is 0.109. The van der Waals surface area contributed by atoms with Crippen LogP contribution in [0.3, 0.4) is 0 Å². The summed E-state index contributed by atoms with van der Waals surface area (Å²) in [4.78, 5) is 12.0. The van der Waals surface area contributed by atoms with E-state index in [1.54, 1.807) is 32.4 Å². The molecule has 1 amide bonds. The number of methoxy groups -OCH3 is 2. The molecule has 6 heteroatoms. The summed E-state index contributed by atoms with van der Waals surface area (Å²) < 4.78 is 16.0. The average molecular weight is 350 g/mol. The molecule has 0 saturated carbocycles. The van der Waals surface area contributed by atoms with Gasteiger partial charge in [0.15, 0.2) is 18.1 Å². The third kappa shape index (κ3) is 4.55. The van der Waals surface area contributed by atoms with E-state index in [4.69, 9.17) is 25.8 Å². The molecular weight excluding hydrogens is 330 g/mol. The van der Waals surface area contributed by atoms with Gasteiger partial charge in [-0.15, -0.1) is 0 Å². The molecule has 2 rings (SSSR count). The third-order valence-electron chi connectivity index (χ3n) is 3.47. The Balaban J connectivity index is 1.93. The van der Waals surface area contributed by atoms with Gasteiger partial charge in [-0.2, -0.15) is 0 Å². The van der Waals surface area contributed by atoms with Crippen LogP contribution in [0.25, 0.3) is 0 Å². The first-order valence-electron chi connectivity index (χ1n) is 7.40. The highest BCUT2D eigenvalue weighted by Crippen LogP contribution is 2.27. The van der Waals surface area contributed by atoms with Crippen LogP contribution in [0.4, 0.5) is 0 Å². The summed E-state index contributed by atoms with van der Waals surface area (Å²) in [6.45, 7) is 2.09. The number of carbonyl (C=O) groups is 1. The number of nitrogens with one attached hydrogen (secondary N) is 1. The molecule has 0 atom stereocenters. The van der Waals surface area contributed by atoms with E-state index in [2.05, 4.69) is 5.32 Å². The first-order chi connectivity index (χ1) is 11.5. The SMILES string of the molecule is COc1cc(C)c(Cl)cc1CNC(=O)COc1ccccc1OC. The van der Waals surface area contributed by atoms with Crippen LogP contribution in [0.15, 0.2) is 36.4 Å². The molecule has 0 aromatic heterocycles. The van der Waals surface area contributed by atoms with Gasteiger partial charge in [0.2, 0.25) is 0 Å². The molecule has 0 radical (unpaired) electrons. The molecule has 0 saturated heterocycles. The average Bonchev–Trinajstić information content (AvgIpc) is 2.60. The molecule has 0 fully saturated rings. The predicted octanol–water partition coefficient (Wildman–Crippen LogP) is 3.36. The molecule has 2 aromatic carbocycles. The first-order valence-corrected chi connectivity index (χ1v) is 7.78. The predicted molar refractivity (Wildman–Crippen MR) is 93.1 cm³/mol. The van der Waals surface area contributed by atoms with E-state index < -0.39 is 0 Å². The van der Waals surface area contributed by atoms with Crippen molar-refractivity contribution in [2.24, 2.45) is 0 Å². The molecule has 24 heavy (non-hydrogen) atoms. The van der Waals surface area contributed by atoms with Gasteiger partial charge in [-0.25, -0.2) is 0 Å². The summed E-state index contributed by atoms with van der Waals surface area (Å²) in [5.74, 6) is 1.53. The van der Waals surface area contributed by atoms with Gasteiger partial charge in [-0.1, -0.05) is 23.7 Å². The van der Waals surface area contributed by atoms with Gasteiger partial charge in [0, 0.05) is 17.1 Å². The minimum atomic E-state index is -0.250. The molecule has 5 nitrogen and oxygen atoms in total. The maximum absolute atomic E-state index is 12.0. The normalized spacial score (nSPS) is 10.2. The van der Waals surface area contributed by atoms with Crippen molar-refractivity contribution >= 4 is 17.5 Å². The van der Waals surface area contributed by atoms with Gasteiger partial charge in [0.05, 0.1) is 14.2 Å². The Hall–Kier alpha value is -2.40. The quantitative estimate of drug-likeness (QED) is 0.832. The zero-order chi connectivity index (χ0) is 17.5. The molecule has 0 bridgehead atoms. The van der Waals surface area contributed by atoms with Crippen molar-refractivity contribution in [3.8, 4) is 17.2 Å². The lowest BCUT2D eigenvalue weighted by atomic mass is 10.1. The van der Waals surface area contributed by atoms with Crippen LogP contribution in [0.1, 0.15) is 11.1 Å². The standard InChI is InChI=1S/C18H20ClNO4/c1-12-8-17(23-3)13(9-14(12)19)10-20-18(21)11-24-16-7-5-4-6-15(16)22-2/h4-9H,10-11H2,1-3H3,(H,20,21). The number of ether oxygens (including phenoxy) is 3. The topological polar surface area (TPSA) is 56.8 Å². The van der Waals surface area contributed by atoms with E-state index in [-0.39, 0.29) is 12.5 Å². The number of halogens is 1. The fourth-order valence-corrected chi connectivity index (χ4v) is 2.34. The minimum Gasteiger partial charge on any atom is -0.496 e. The summed E-state index contributed by atoms with van der Waals surface area (Å²) >= 11 is 6.13. The van der Waals surface area contributed by atoms with Gasteiger partial charge < -0.3 is 19.5 Å². The molecule has 128 valence electrons. The van der Waals surface area contributed by atoms with E-state index in [0.717, 1.165) is 11.1 Å². The zero-order valence-electron chi connectivity index (χ0n) is 13.9. The Morgan fingerprint density at radius 3 is 2.42 bits per heavy atom. The zero-order valence-corrected chi connectivity index (χ0v) is 14.6. The van der Waals surface area contributed by atoms with Gasteiger partial charge in [-0.05, 0) is 36.8 Å². The first kappa shape index (κ1) is 17.9. The summed E-state index contributed by atoms with van der Waals surface area (Å²) in [5, 5.41) is 3.41. The number of amides is 1. The van der Waals surface area contributed by atoms with Crippen molar-refractivity contribution in [1.29, 1.82) is 0 Å². The second-order valence-electron chi connectivity index (χ2n) is 5.13. The Morgan fingerprint density at radius 1 is 1.08 bits per heavy atom. The maximum atomic E-state index is 12.0. The van der Waals surface area contributed by atoms with E-state index in [9.17, 15) is 4.79 Å². The van der Waals surface area contributed by atoms with Gasteiger partial charge in [-0.3, -0.25) is 4.79 Å². The monoisotopic (exact) mass is 349 g/mol. The van der Waals surface area contributed by atoms with Crippen LogP contribution in [0.5, 0.6) is 17.2 Å². The summed E-state index contributed by atoms with van der Waals surface area (Å²) in [5.41, 5.74) is 1.72. The summed E-state index contributed by atoms with van der Waals surface area (Å²) in [6, 6.07) is 10.8. The Labute approximate surface area is 146 Å². The van der Waals surface area contributed by atoms with Gasteiger partial charge >= 0.3 is 0 Å². The molecule has 0 unspecified atom stereocenters. The molecule has 0 aliphatic rings. The Bertz CT molecular complexity index is 718. The molecule has 1 N–H and O–H groups in total. The van der Waals surface area contributed by atoms with Crippen LogP contribution >= 0.6 is 11.6 Å². The number of benzene rings is 2. The van der Waals surface area contributed by atoms with E-state index in [1.807, 2.05) is 25.1 Å². The lowest BCUT2D eigenvalue weighted by Crippen LogP contribution is -2.28. The molecule has 0 aliphatic carbocycles. The van der Waals surface area contributed by atoms with Crippen LogP contribution in [0, 0.1) is 6.92 Å². The van der Waals surface area contributed by atoms with Crippen LogP contribution in [0.2, 0.25) is 5.02 Å². The van der Waals surface area contributed by atoms with Gasteiger partial charge in [0.25, 0.3) is 5.91 Å². The number of hydrogen-bond donors (Lipinski definition) is 1. The van der Waals surface area contributed by atoms with Crippen LogP contribution < -0.4 is 19.5 Å². The number of carbonyl (C=O) groups excluding carboxylic acids is 1. The lowest BCUT2D eigenvalue weighted by molar-refractivity contribution is -0.123. The third-order valence-corrected chi connectivity index (χ3v) is 3.87. The van der Waals surface area contributed by atoms with Crippen molar-refractivity contribution in [2.75, 3.05) is 20.8 Å². The van der Waals surface area contributed by atoms with Crippen molar-refractivity contribution in [1.82, 2.24) is 5.32 Å². The van der Waals surface area contributed by atoms with Crippen LogP contribution in [-0.2, 0) is 11.3 Å². The second kappa shape index (κ2) is 8.45. The lowest BCUT2D eigenvalue weighted by Gasteiger charge is -2.13. The number of hydrogen-bond acceptors (Lipinski definition) is 4. The molecule has 0 spiro atoms. The number of rotatable bonds is 7. The van der Waals surface area contributed by atoms with Crippen molar-refractivity contribution < 1.29 is 19.0 Å². The fraction of sp³-hybridized carbons (Fsp3) is 0.278. The summed E-state index contributed by atoms with van der Waals surface area (Å²) in [7, 11) is 3.13. The second-order valence-corrected chi connectivity index (χ2v) is 5.54. The van der Waals surface area contributed by atoms with E-state index >= 15 is 0 Å². The van der Waals surface area contributed by atoms with E-state index in [1.165, 1.54) is 0 Å². The molecule has 0 heterocycles. The summed E-state index contributed by atoms with van der Waals surface area (Å²) in [6.07, 6.45) is 0. The highest BCUT2D eigenvalue weighted by Gasteiger charge is 2.10. The molecule has 2 aromatic rings. The van der Waals surface area contributed by atoms with Crippen molar-refractivity contribution in [3.05, 3.63) is 52.5 Å². The van der Waals surface area contributed by atoms with Gasteiger partial charge in [0.1, 0.15) is 5.75 Å². The smallest absolute Gasteiger partial charge is 0.258 e. The number of para-hydroxylation sites is 2. The molecule has 0 aliphatic heterocycles. The maximum Gasteiger partial charge on any atom is 0.258 e. The largest absolute Gasteiger partial charge is 0.496 e. The van der Waals surface area contributed by atoms with Crippen molar-refractivity contribution in [2.45, 2.75) is 13.5 Å². The Kier molecular flexibility index (Phi) is 6.32. The molecular formula is C18H20ClNO4. The Morgan fingerprint density at radius 2 is 1.75 bits per heavy atom. The van der Waals surface area contributed by atoms with Crippen LogP contribution in [-0.4, -0.2) is 26.7 Å². The number of aryl methyl sites for hydroxylation is 1. The highest BCUT2D eigenvalue weighted by molar-refractivity contribution is 6.31. The van der Waals surface area contributed by atoms with Crippen molar-refractivity contribution in [3.63, 3.8) is 0 Å². The highest BCUT2D eigenvalue weighted by atomic mass is 35.5. The van der Waals surface area contributed by atoms with E-state index in [0.29, 0.717) is 28.8 Å². The fourth-order valence-electron chi connectivity index (χ4n) is 2.15.